The summed E-state index contributed by atoms with van der Waals surface area (Å²) in [7, 11) is 0. The zero-order valence-electron chi connectivity index (χ0n) is 10.1. The summed E-state index contributed by atoms with van der Waals surface area (Å²) >= 11 is 0. The van der Waals surface area contributed by atoms with Gasteiger partial charge >= 0.3 is 0 Å². The first-order chi connectivity index (χ1) is 5.87. The van der Waals surface area contributed by atoms with Crippen LogP contribution < -0.4 is 5.32 Å². The third-order valence-electron chi connectivity index (χ3n) is 2.05. The molecule has 2 nitrogen and oxygen atoms in total. The summed E-state index contributed by atoms with van der Waals surface area (Å²) in [6.07, 6.45) is 1.23. The number of hydrogen-bond donors (Lipinski definition) is 1. The third kappa shape index (κ3) is 7.03. The maximum atomic E-state index is 3.51. The molecule has 0 aliphatic heterocycles. The highest BCUT2D eigenvalue weighted by Gasteiger charge is 2.13. The van der Waals surface area contributed by atoms with Gasteiger partial charge in [-0.25, -0.2) is 0 Å². The molecular formula is C11H26N2. The van der Waals surface area contributed by atoms with E-state index in [2.05, 4.69) is 51.8 Å². The van der Waals surface area contributed by atoms with Crippen LogP contribution in [0.5, 0.6) is 0 Å². The molecule has 0 heterocycles. The summed E-state index contributed by atoms with van der Waals surface area (Å²) in [5, 5.41) is 3.51. The zero-order chi connectivity index (χ0) is 10.5. The quantitative estimate of drug-likeness (QED) is 0.664. The average Bonchev–Trinajstić information content (AvgIpc) is 1.95. The molecule has 0 aliphatic carbocycles. The van der Waals surface area contributed by atoms with Gasteiger partial charge in [-0.1, -0.05) is 6.92 Å². The van der Waals surface area contributed by atoms with Crippen molar-refractivity contribution in [1.29, 1.82) is 0 Å². The maximum absolute atomic E-state index is 3.51. The Morgan fingerprint density at radius 2 is 1.77 bits per heavy atom. The van der Waals surface area contributed by atoms with Crippen LogP contribution in [0.25, 0.3) is 0 Å². The highest BCUT2D eigenvalue weighted by molar-refractivity contribution is 4.71. The van der Waals surface area contributed by atoms with Crippen molar-refractivity contribution in [3.63, 3.8) is 0 Å². The van der Waals surface area contributed by atoms with Crippen molar-refractivity contribution in [1.82, 2.24) is 10.2 Å². The standard InChI is InChI=1S/C11H26N2/c1-7-8-13(10(2)3)9-12-11(4,5)6/h10,12H,7-9H2,1-6H3. The molecule has 0 aromatic carbocycles. The van der Waals surface area contributed by atoms with Gasteiger partial charge in [-0.2, -0.15) is 0 Å². The van der Waals surface area contributed by atoms with Crippen LogP contribution in [0.2, 0.25) is 0 Å². The first kappa shape index (κ1) is 12.9. The van der Waals surface area contributed by atoms with Crippen molar-refractivity contribution < 1.29 is 0 Å². The molecule has 0 rings (SSSR count). The minimum atomic E-state index is 0.223. The predicted molar refractivity (Wildman–Crippen MR) is 59.9 cm³/mol. The summed E-state index contributed by atoms with van der Waals surface area (Å²) in [5.41, 5.74) is 0.223. The third-order valence-corrected chi connectivity index (χ3v) is 2.05. The van der Waals surface area contributed by atoms with E-state index in [-0.39, 0.29) is 5.54 Å². The van der Waals surface area contributed by atoms with Crippen LogP contribution in [0, 0.1) is 0 Å². The lowest BCUT2D eigenvalue weighted by Crippen LogP contribution is -2.46. The van der Waals surface area contributed by atoms with Crippen LogP contribution in [0.1, 0.15) is 48.0 Å². The Morgan fingerprint density at radius 1 is 1.23 bits per heavy atom. The Kier molecular flexibility index (Phi) is 5.57. The average molecular weight is 186 g/mol. The molecule has 80 valence electrons. The van der Waals surface area contributed by atoms with Crippen molar-refractivity contribution >= 4 is 0 Å². The van der Waals surface area contributed by atoms with Crippen molar-refractivity contribution in [2.24, 2.45) is 0 Å². The molecular weight excluding hydrogens is 160 g/mol. The normalized spacial score (nSPS) is 12.9. The number of nitrogens with one attached hydrogen (secondary N) is 1. The van der Waals surface area contributed by atoms with Gasteiger partial charge in [-0.15, -0.1) is 0 Å². The minimum absolute atomic E-state index is 0.223. The van der Waals surface area contributed by atoms with Crippen LogP contribution in [0.15, 0.2) is 0 Å². The molecule has 0 radical (unpaired) electrons. The fourth-order valence-corrected chi connectivity index (χ4v) is 1.15. The Hall–Kier alpha value is -0.0800. The summed E-state index contributed by atoms with van der Waals surface area (Å²) in [4.78, 5) is 2.46. The van der Waals surface area contributed by atoms with Crippen LogP contribution in [-0.4, -0.2) is 29.7 Å². The van der Waals surface area contributed by atoms with Crippen LogP contribution >= 0.6 is 0 Å². The maximum Gasteiger partial charge on any atom is 0.0486 e. The van der Waals surface area contributed by atoms with Crippen molar-refractivity contribution in [3.8, 4) is 0 Å². The summed E-state index contributed by atoms with van der Waals surface area (Å²) in [6, 6.07) is 0.634. The highest BCUT2D eigenvalue weighted by atomic mass is 15.2. The minimum Gasteiger partial charge on any atom is -0.300 e. The van der Waals surface area contributed by atoms with Crippen LogP contribution in [-0.2, 0) is 0 Å². The molecule has 0 saturated heterocycles. The van der Waals surface area contributed by atoms with Gasteiger partial charge in [0.15, 0.2) is 0 Å². The van der Waals surface area contributed by atoms with Crippen molar-refractivity contribution in [2.45, 2.75) is 59.5 Å². The lowest BCUT2D eigenvalue weighted by atomic mass is 10.1. The van der Waals surface area contributed by atoms with Gasteiger partial charge in [0.25, 0.3) is 0 Å². The van der Waals surface area contributed by atoms with E-state index in [0.29, 0.717) is 6.04 Å². The molecule has 13 heavy (non-hydrogen) atoms. The predicted octanol–water partition coefficient (Wildman–Crippen LogP) is 2.45. The van der Waals surface area contributed by atoms with Gasteiger partial charge in [-0.05, 0) is 47.6 Å². The second kappa shape index (κ2) is 5.61. The highest BCUT2D eigenvalue weighted by Crippen LogP contribution is 2.02. The van der Waals surface area contributed by atoms with Crippen molar-refractivity contribution in [3.05, 3.63) is 0 Å². The Bertz CT molecular complexity index is 125. The van der Waals surface area contributed by atoms with E-state index in [0.717, 1.165) is 6.67 Å². The molecule has 0 aromatic rings. The molecule has 0 saturated carbocycles. The molecule has 0 aromatic heterocycles. The van der Waals surface area contributed by atoms with Crippen LogP contribution in [0.3, 0.4) is 0 Å². The van der Waals surface area contributed by atoms with E-state index in [4.69, 9.17) is 0 Å². The number of nitrogens with zero attached hydrogens (tertiary/aromatic N) is 1. The summed E-state index contributed by atoms with van der Waals surface area (Å²) in [6.45, 7) is 15.5. The van der Waals surface area contributed by atoms with E-state index in [1.54, 1.807) is 0 Å². The van der Waals surface area contributed by atoms with Gasteiger partial charge in [0.05, 0.1) is 0 Å². The summed E-state index contributed by atoms with van der Waals surface area (Å²) in [5.74, 6) is 0. The van der Waals surface area contributed by atoms with E-state index in [1.165, 1.54) is 13.0 Å². The first-order valence-electron chi connectivity index (χ1n) is 5.36. The van der Waals surface area contributed by atoms with Gasteiger partial charge in [0.2, 0.25) is 0 Å². The fraction of sp³-hybridized carbons (Fsp3) is 1.00. The van der Waals surface area contributed by atoms with Gasteiger partial charge in [0.1, 0.15) is 0 Å². The fourth-order valence-electron chi connectivity index (χ4n) is 1.15. The van der Waals surface area contributed by atoms with Crippen LogP contribution in [0.4, 0.5) is 0 Å². The monoisotopic (exact) mass is 186 g/mol. The number of rotatable bonds is 5. The molecule has 0 amide bonds. The topological polar surface area (TPSA) is 15.3 Å². The second-order valence-corrected chi connectivity index (χ2v) is 4.99. The smallest absolute Gasteiger partial charge is 0.0486 e. The summed E-state index contributed by atoms with van der Waals surface area (Å²) < 4.78 is 0. The molecule has 1 N–H and O–H groups in total. The molecule has 0 fully saturated rings. The lowest BCUT2D eigenvalue weighted by Gasteiger charge is -2.30. The molecule has 0 unspecified atom stereocenters. The lowest BCUT2D eigenvalue weighted by molar-refractivity contribution is 0.182. The SMILES string of the molecule is CCCN(CNC(C)(C)C)C(C)C. The van der Waals surface area contributed by atoms with E-state index in [1.807, 2.05) is 0 Å². The largest absolute Gasteiger partial charge is 0.300 e. The van der Waals surface area contributed by atoms with Gasteiger partial charge < -0.3 is 0 Å². The Balaban J connectivity index is 3.82. The van der Waals surface area contributed by atoms with Crippen molar-refractivity contribution in [2.75, 3.05) is 13.2 Å². The Labute approximate surface area is 83.7 Å². The van der Waals surface area contributed by atoms with E-state index in [9.17, 15) is 0 Å². The Morgan fingerprint density at radius 3 is 2.08 bits per heavy atom. The van der Waals surface area contributed by atoms with Gasteiger partial charge in [0, 0.05) is 18.2 Å². The molecule has 0 aliphatic rings. The first-order valence-corrected chi connectivity index (χ1v) is 5.36. The van der Waals surface area contributed by atoms with Gasteiger partial charge in [-0.3, -0.25) is 10.2 Å². The molecule has 2 heteroatoms. The second-order valence-electron chi connectivity index (χ2n) is 4.99. The molecule has 0 bridgehead atoms. The number of hydrogen-bond acceptors (Lipinski definition) is 2. The zero-order valence-corrected chi connectivity index (χ0v) is 10.1. The molecule has 0 spiro atoms. The van der Waals surface area contributed by atoms with E-state index >= 15 is 0 Å². The van der Waals surface area contributed by atoms with E-state index < -0.39 is 0 Å². The molecule has 0 atom stereocenters.